The quantitative estimate of drug-likeness (QED) is 0.150. The fourth-order valence-electron chi connectivity index (χ4n) is 0. The van der Waals surface area contributed by atoms with Crippen molar-refractivity contribution >= 4 is 35.0 Å². The van der Waals surface area contributed by atoms with Crippen molar-refractivity contribution in [2.75, 3.05) is 0 Å². The maximum atomic E-state index is 8.88. The molecule has 0 radical (unpaired) electrons. The predicted octanol–water partition coefficient (Wildman–Crippen LogP) is -16.3. The van der Waals surface area contributed by atoms with E-state index in [1.165, 1.54) is 0 Å². The molecule has 0 aliphatic rings. The Morgan fingerprint density at radius 1 is 0.458 bits per heavy atom. The van der Waals surface area contributed by atoms with Gasteiger partial charge in [0.05, 0.1) is 0 Å². The Balaban J connectivity index is -0.0000000225. The first-order valence-corrected chi connectivity index (χ1v) is 9.70. The second-order valence-corrected chi connectivity index (χ2v) is 6.04. The van der Waals surface area contributed by atoms with Crippen LogP contribution in [0.4, 0.5) is 0 Å². The van der Waals surface area contributed by atoms with Crippen LogP contribution in [-0.2, 0) is 4.57 Å². The van der Waals surface area contributed by atoms with E-state index in [2.05, 4.69) is 0 Å². The van der Waals surface area contributed by atoms with Crippen molar-refractivity contribution in [1.29, 1.82) is 0 Å². The number of rotatable bonds is 0. The molecule has 0 rings (SSSR count). The summed E-state index contributed by atoms with van der Waals surface area (Å²) in [5.74, 6) is 0. The van der Waals surface area contributed by atoms with Crippen LogP contribution < -0.4 is 57.5 Å². The van der Waals surface area contributed by atoms with Gasteiger partial charge in [0.15, 0.2) is 0 Å². The molecule has 0 aromatic carbocycles. The molecule has 0 aromatic heterocycles. The van der Waals surface area contributed by atoms with E-state index in [0.717, 1.165) is 0 Å². The second kappa shape index (κ2) is 24.3. The summed E-state index contributed by atoms with van der Waals surface area (Å²) in [6.45, 7) is 0. The van der Waals surface area contributed by atoms with Crippen LogP contribution in [0.5, 0.6) is 0 Å². The van der Waals surface area contributed by atoms with Crippen molar-refractivity contribution in [2.45, 2.75) is 0 Å². The first-order chi connectivity index (χ1) is 8.00. The van der Waals surface area contributed by atoms with Crippen LogP contribution in [-0.4, -0.2) is 41.8 Å². The minimum absolute atomic E-state index is 0. The summed E-state index contributed by atoms with van der Waals surface area (Å²) in [7, 11) is -21.5. The van der Waals surface area contributed by atoms with Crippen LogP contribution >= 0.6 is 7.82 Å². The number of hydrogen-bond donors (Lipinski definition) is 3. The molecule has 3 N–H and O–H groups in total. The van der Waals surface area contributed by atoms with Crippen LogP contribution in [0.15, 0.2) is 0 Å². The summed E-state index contributed by atoms with van der Waals surface area (Å²) in [6, 6.07) is 0. The molecule has 0 spiro atoms. The third-order valence-corrected chi connectivity index (χ3v) is 0. The van der Waals surface area contributed by atoms with E-state index in [0.29, 0.717) is 0 Å². The van der Waals surface area contributed by atoms with Gasteiger partial charge in [-0.05, 0) is 0 Å². The van der Waals surface area contributed by atoms with E-state index in [-0.39, 0.29) is 142 Å². The first kappa shape index (κ1) is 51.6. The summed E-state index contributed by atoms with van der Waals surface area (Å²) in [5, 5.41) is 0. The molecule has 0 atom stereocenters. The average Bonchev–Trinajstić information content (AvgIpc) is 1.62. The molecule has 24 heavy (non-hydrogen) atoms. The minimum Gasteiger partial charge on any atom is -0.894 e. The topological polar surface area (TPSA) is 354 Å². The van der Waals surface area contributed by atoms with Gasteiger partial charge in [-0.25, -0.2) is 4.57 Å². The van der Waals surface area contributed by atoms with Crippen LogP contribution in [0.1, 0.15) is 0 Å². The summed E-state index contributed by atoms with van der Waals surface area (Å²) < 4.78 is 8.88. The molecular formula is H3La4O16PSi3. The summed E-state index contributed by atoms with van der Waals surface area (Å²) in [4.78, 5) is 124. The molecule has 0 saturated heterocycles. The molecule has 0 aliphatic carbocycles. The molecule has 0 heterocycles. The fourth-order valence-corrected chi connectivity index (χ4v) is 0. The van der Waals surface area contributed by atoms with Gasteiger partial charge in [0.2, 0.25) is 0 Å². The van der Waals surface area contributed by atoms with Crippen molar-refractivity contribution in [3.8, 4) is 0 Å². The minimum atomic E-state index is -5.61. The second-order valence-electron chi connectivity index (χ2n) is 2.01. The van der Waals surface area contributed by atoms with E-state index in [1.807, 2.05) is 0 Å². The van der Waals surface area contributed by atoms with E-state index >= 15 is 0 Å². The first-order valence-electron chi connectivity index (χ1n) is 3.23. The Morgan fingerprint density at radius 2 is 0.458 bits per heavy atom. The van der Waals surface area contributed by atoms with E-state index < -0.39 is 35.0 Å². The van der Waals surface area contributed by atoms with Gasteiger partial charge in [-0.3, -0.25) is 0 Å². The van der Waals surface area contributed by atoms with Crippen LogP contribution in [0, 0.1) is 142 Å². The maximum absolute atomic E-state index is 8.88. The Bertz CT molecular complexity index is 207. The largest absolute Gasteiger partial charge is 3.00 e. The van der Waals surface area contributed by atoms with Gasteiger partial charge < -0.3 is 99.4 Å². The molecule has 0 aromatic rings. The molecule has 0 amide bonds. The Hall–Kier alpha value is 5.06. The molecule has 0 saturated carbocycles. The van der Waals surface area contributed by atoms with Gasteiger partial charge in [0.25, 0.3) is 0 Å². The molecule has 0 fully saturated rings. The van der Waals surface area contributed by atoms with Crippen LogP contribution in [0.2, 0.25) is 0 Å². The maximum Gasteiger partial charge on any atom is 3.00 e. The standard InChI is InChI=1S/4La.H3O4P.3O4Si/c;;;;4*1-5(2,3)4/h;;;;(H3,1,2,3,4);;;/q4*+3;;3*-4. The van der Waals surface area contributed by atoms with E-state index in [4.69, 9.17) is 76.8 Å². The van der Waals surface area contributed by atoms with Gasteiger partial charge in [-0.2, -0.15) is 0 Å². The van der Waals surface area contributed by atoms with Gasteiger partial charge >= 0.3 is 150 Å². The van der Waals surface area contributed by atoms with Gasteiger partial charge in [0.1, 0.15) is 0 Å². The molecule has 24 heteroatoms. The van der Waals surface area contributed by atoms with E-state index in [1.54, 1.807) is 0 Å². The molecule has 0 unspecified atom stereocenters. The molecule has 0 aliphatic heterocycles. The van der Waals surface area contributed by atoms with Crippen molar-refractivity contribution in [3.63, 3.8) is 0 Å². The van der Waals surface area contributed by atoms with Crippen molar-refractivity contribution in [3.05, 3.63) is 0 Å². The zero-order valence-corrected chi connectivity index (χ0v) is 29.3. The third kappa shape index (κ3) is 718. The Kier molecular flexibility index (Phi) is 52.3. The Labute approximate surface area is 249 Å². The number of hydrogen-bond acceptors (Lipinski definition) is 13. The zero-order chi connectivity index (χ0) is 18.0. The molecule has 16 nitrogen and oxygen atoms in total. The van der Waals surface area contributed by atoms with Crippen molar-refractivity contribution in [1.82, 2.24) is 0 Å². The average molecular weight is 930 g/mol. The number of phosphoric acid groups is 1. The van der Waals surface area contributed by atoms with Crippen LogP contribution in [0.25, 0.3) is 0 Å². The summed E-state index contributed by atoms with van der Waals surface area (Å²) >= 11 is 0. The zero-order valence-electron chi connectivity index (χ0n) is 10.9. The van der Waals surface area contributed by atoms with Crippen molar-refractivity contribution < 1.29 is 219 Å². The predicted molar refractivity (Wildman–Crippen MR) is 31.5 cm³/mol. The van der Waals surface area contributed by atoms with Crippen LogP contribution in [0.3, 0.4) is 0 Å². The molecule has 128 valence electrons. The molecule has 0 bridgehead atoms. The SMILES string of the molecule is O=P(O)(O)O.[La+3].[La+3].[La+3].[La+3].[O-][Si]([O-])([O-])[O-].[O-][Si]([O-])([O-])[O-].[O-][Si]([O-])([O-])[O-]. The smallest absolute Gasteiger partial charge is 0.894 e. The van der Waals surface area contributed by atoms with Gasteiger partial charge in [0, 0.05) is 0 Å². The van der Waals surface area contributed by atoms with Gasteiger partial charge in [-0.1, -0.05) is 0 Å². The third-order valence-electron chi connectivity index (χ3n) is 0. The van der Waals surface area contributed by atoms with E-state index in [9.17, 15) is 0 Å². The monoisotopic (exact) mass is 929 g/mol. The van der Waals surface area contributed by atoms with Crippen molar-refractivity contribution in [2.24, 2.45) is 0 Å². The molecular weight excluding hydrogens is 927 g/mol. The fraction of sp³-hybridized carbons (Fsp3) is 0. The Morgan fingerprint density at radius 3 is 0.458 bits per heavy atom. The van der Waals surface area contributed by atoms with Gasteiger partial charge in [-0.15, -0.1) is 0 Å². The normalized spacial score (nSPS) is 9.96. The summed E-state index contributed by atoms with van der Waals surface area (Å²) in [6.07, 6.45) is 0. The summed E-state index contributed by atoms with van der Waals surface area (Å²) in [5.41, 5.74) is 0.